The van der Waals surface area contributed by atoms with E-state index in [0.29, 0.717) is 12.0 Å². The van der Waals surface area contributed by atoms with E-state index in [1.165, 1.54) is 0 Å². The number of nitriles is 1. The molecule has 84 valence electrons. The van der Waals surface area contributed by atoms with Crippen LogP contribution in [0.2, 0.25) is 0 Å². The number of rotatable bonds is 8. The lowest BCUT2D eigenvalue weighted by atomic mass is 9.94. The third-order valence-electron chi connectivity index (χ3n) is 2.41. The summed E-state index contributed by atoms with van der Waals surface area (Å²) in [6.45, 7) is 5.51. The van der Waals surface area contributed by atoms with Crippen LogP contribution >= 0.6 is 0 Å². The minimum absolute atomic E-state index is 0.168. The Labute approximate surface area is 90.7 Å². The van der Waals surface area contributed by atoms with E-state index in [2.05, 4.69) is 13.5 Å². The van der Waals surface area contributed by atoms with E-state index >= 15 is 0 Å². The minimum atomic E-state index is -0.368. The molecule has 0 N–H and O–H groups in total. The number of hydrogen-bond donors (Lipinski definition) is 0. The molecule has 0 saturated carbocycles. The summed E-state index contributed by atoms with van der Waals surface area (Å²) < 4.78 is 0. The Bertz CT molecular complexity index is 256. The molecule has 0 rings (SSSR count). The van der Waals surface area contributed by atoms with Crippen LogP contribution in [-0.4, -0.2) is 11.5 Å². The second-order valence-corrected chi connectivity index (χ2v) is 3.70. The van der Waals surface area contributed by atoms with Gasteiger partial charge in [-0.3, -0.25) is 10.1 Å². The van der Waals surface area contributed by atoms with E-state index in [1.54, 1.807) is 0 Å². The van der Waals surface area contributed by atoms with E-state index in [4.69, 9.17) is 5.26 Å². The highest BCUT2D eigenvalue weighted by atomic mass is 16.6. The van der Waals surface area contributed by atoms with E-state index in [0.717, 1.165) is 25.7 Å². The minimum Gasteiger partial charge on any atom is -0.265 e. The normalized spacial score (nSPS) is 11.7. The van der Waals surface area contributed by atoms with Gasteiger partial charge >= 0.3 is 0 Å². The predicted molar refractivity (Wildman–Crippen MR) is 58.9 cm³/mol. The summed E-state index contributed by atoms with van der Waals surface area (Å²) in [5.74, 6) is -0.276. The van der Waals surface area contributed by atoms with Crippen LogP contribution in [0.1, 0.15) is 39.0 Å². The molecule has 0 aromatic rings. The second kappa shape index (κ2) is 7.98. The summed E-state index contributed by atoms with van der Waals surface area (Å²) in [6.07, 6.45) is 4.99. The molecule has 1 atom stereocenters. The molecular formula is C11H18N2O2. The highest BCUT2D eigenvalue weighted by Crippen LogP contribution is 2.17. The van der Waals surface area contributed by atoms with Crippen molar-refractivity contribution in [2.45, 2.75) is 39.0 Å². The molecule has 0 heterocycles. The first kappa shape index (κ1) is 13.6. The highest BCUT2D eigenvalue weighted by Gasteiger charge is 2.18. The zero-order chi connectivity index (χ0) is 11.7. The fraction of sp³-hybridized carbons (Fsp3) is 0.727. The molecule has 0 spiro atoms. The first-order valence-corrected chi connectivity index (χ1v) is 5.32. The molecule has 0 aromatic heterocycles. The Hall–Kier alpha value is -1.37. The van der Waals surface area contributed by atoms with Gasteiger partial charge in [-0.05, 0) is 6.42 Å². The molecular weight excluding hydrogens is 192 g/mol. The molecule has 0 radical (unpaired) electrons. The molecule has 15 heavy (non-hydrogen) atoms. The molecule has 0 bridgehead atoms. The Balaban J connectivity index is 3.97. The number of hydrogen-bond acceptors (Lipinski definition) is 3. The lowest BCUT2D eigenvalue weighted by Gasteiger charge is -2.09. The van der Waals surface area contributed by atoms with Gasteiger partial charge in [0.2, 0.25) is 6.54 Å². The fourth-order valence-corrected chi connectivity index (χ4v) is 1.46. The molecule has 4 nitrogen and oxygen atoms in total. The van der Waals surface area contributed by atoms with Gasteiger partial charge in [-0.1, -0.05) is 39.2 Å². The van der Waals surface area contributed by atoms with Crippen LogP contribution in [0.25, 0.3) is 0 Å². The first-order valence-electron chi connectivity index (χ1n) is 5.32. The average Bonchev–Trinajstić information content (AvgIpc) is 2.21. The highest BCUT2D eigenvalue weighted by molar-refractivity contribution is 5.19. The third kappa shape index (κ3) is 6.67. The standard InChI is InChI=1S/C11H18N2O2/c1-3-4-5-6-7-11(9-13(14)15)10(2)8-12/h11H,2-7,9H2,1H3. The Kier molecular flexibility index (Phi) is 7.25. The topological polar surface area (TPSA) is 66.9 Å². The summed E-state index contributed by atoms with van der Waals surface area (Å²) in [7, 11) is 0. The van der Waals surface area contributed by atoms with Crippen LogP contribution in [0.5, 0.6) is 0 Å². The van der Waals surface area contributed by atoms with Crippen LogP contribution in [0.3, 0.4) is 0 Å². The van der Waals surface area contributed by atoms with Crippen molar-refractivity contribution >= 4 is 0 Å². The molecule has 0 amide bonds. The van der Waals surface area contributed by atoms with E-state index in [1.807, 2.05) is 6.07 Å². The number of nitrogens with zero attached hydrogens (tertiary/aromatic N) is 2. The van der Waals surface area contributed by atoms with Gasteiger partial charge in [0.15, 0.2) is 0 Å². The molecule has 1 unspecified atom stereocenters. The maximum absolute atomic E-state index is 10.4. The van der Waals surface area contributed by atoms with Gasteiger partial charge in [-0.25, -0.2) is 0 Å². The summed E-state index contributed by atoms with van der Waals surface area (Å²) in [5, 5.41) is 19.0. The van der Waals surface area contributed by atoms with Crippen LogP contribution in [0, 0.1) is 27.4 Å². The Morgan fingerprint density at radius 2 is 2.20 bits per heavy atom. The van der Waals surface area contributed by atoms with Crippen molar-refractivity contribution in [2.24, 2.45) is 5.92 Å². The van der Waals surface area contributed by atoms with Gasteiger partial charge in [-0.15, -0.1) is 0 Å². The average molecular weight is 210 g/mol. The van der Waals surface area contributed by atoms with Crippen LogP contribution in [0.15, 0.2) is 12.2 Å². The summed E-state index contributed by atoms with van der Waals surface area (Å²) >= 11 is 0. The van der Waals surface area contributed by atoms with Crippen molar-refractivity contribution in [3.05, 3.63) is 22.3 Å². The first-order chi connectivity index (χ1) is 7.11. The molecule has 0 fully saturated rings. The summed E-state index contributed by atoms with van der Waals surface area (Å²) in [4.78, 5) is 10.0. The molecule has 0 aliphatic heterocycles. The van der Waals surface area contributed by atoms with Crippen molar-refractivity contribution in [3.8, 4) is 6.07 Å². The molecule has 0 aliphatic rings. The number of nitro groups is 1. The van der Waals surface area contributed by atoms with Gasteiger partial charge in [0.25, 0.3) is 0 Å². The van der Waals surface area contributed by atoms with Crippen molar-refractivity contribution < 1.29 is 4.92 Å². The lowest BCUT2D eigenvalue weighted by molar-refractivity contribution is -0.486. The van der Waals surface area contributed by atoms with Gasteiger partial charge in [-0.2, -0.15) is 5.26 Å². The zero-order valence-corrected chi connectivity index (χ0v) is 9.24. The van der Waals surface area contributed by atoms with Gasteiger partial charge in [0, 0.05) is 10.5 Å². The van der Waals surface area contributed by atoms with Gasteiger partial charge in [0.1, 0.15) is 0 Å². The van der Waals surface area contributed by atoms with Crippen LogP contribution in [-0.2, 0) is 0 Å². The fourth-order valence-electron chi connectivity index (χ4n) is 1.46. The van der Waals surface area contributed by atoms with Crippen molar-refractivity contribution in [3.63, 3.8) is 0 Å². The smallest absolute Gasteiger partial charge is 0.211 e. The molecule has 0 aliphatic carbocycles. The number of unbranched alkanes of at least 4 members (excludes halogenated alkanes) is 3. The second-order valence-electron chi connectivity index (χ2n) is 3.70. The summed E-state index contributed by atoms with van der Waals surface area (Å²) in [6, 6.07) is 1.91. The van der Waals surface area contributed by atoms with Crippen molar-refractivity contribution in [1.29, 1.82) is 5.26 Å². The predicted octanol–water partition coefficient (Wildman–Crippen LogP) is 2.93. The summed E-state index contributed by atoms with van der Waals surface area (Å²) in [5.41, 5.74) is 0.336. The van der Waals surface area contributed by atoms with E-state index in [9.17, 15) is 10.1 Å². The SMILES string of the molecule is C=C(C#N)C(CCCCCC)C[N+](=O)[O-]. The van der Waals surface area contributed by atoms with E-state index in [-0.39, 0.29) is 17.4 Å². The van der Waals surface area contributed by atoms with Crippen LogP contribution in [0.4, 0.5) is 0 Å². The van der Waals surface area contributed by atoms with Crippen molar-refractivity contribution in [2.75, 3.05) is 6.54 Å². The van der Waals surface area contributed by atoms with Gasteiger partial charge in [0.05, 0.1) is 12.0 Å². The zero-order valence-electron chi connectivity index (χ0n) is 9.24. The third-order valence-corrected chi connectivity index (χ3v) is 2.41. The maximum atomic E-state index is 10.4. The van der Waals surface area contributed by atoms with Gasteiger partial charge < -0.3 is 0 Å². The quantitative estimate of drug-likeness (QED) is 0.268. The molecule has 4 heteroatoms. The largest absolute Gasteiger partial charge is 0.265 e. The lowest BCUT2D eigenvalue weighted by Crippen LogP contribution is -2.15. The van der Waals surface area contributed by atoms with Crippen LogP contribution < -0.4 is 0 Å². The Morgan fingerprint density at radius 3 is 2.67 bits per heavy atom. The van der Waals surface area contributed by atoms with E-state index < -0.39 is 0 Å². The Morgan fingerprint density at radius 1 is 1.53 bits per heavy atom. The maximum Gasteiger partial charge on any atom is 0.211 e. The van der Waals surface area contributed by atoms with Crippen molar-refractivity contribution in [1.82, 2.24) is 0 Å². The molecule has 0 saturated heterocycles. The molecule has 0 aromatic carbocycles. The monoisotopic (exact) mass is 210 g/mol.